The summed E-state index contributed by atoms with van der Waals surface area (Å²) in [7, 11) is 0. The zero-order valence-corrected chi connectivity index (χ0v) is 14.7. The Balaban J connectivity index is 1.54. The molecular formula is C21H16N2O5. The topological polar surface area (TPSA) is 96.7 Å². The predicted octanol–water partition coefficient (Wildman–Crippen LogP) is 3.83. The summed E-state index contributed by atoms with van der Waals surface area (Å²) in [4.78, 5) is 15.6. The number of fused-ring (bicyclic) bond motifs is 2. The number of anilines is 1. The van der Waals surface area contributed by atoms with E-state index in [1.165, 1.54) is 6.07 Å². The monoisotopic (exact) mass is 376 g/mol. The Labute approximate surface area is 159 Å². The number of aromatic amines is 1. The molecule has 0 bridgehead atoms. The van der Waals surface area contributed by atoms with Gasteiger partial charge in [0.1, 0.15) is 11.3 Å². The zero-order chi connectivity index (χ0) is 19.1. The maximum Gasteiger partial charge on any atom is 0.344 e. The number of aromatic nitrogens is 1. The van der Waals surface area contributed by atoms with Crippen LogP contribution in [0.2, 0.25) is 0 Å². The lowest BCUT2D eigenvalue weighted by atomic mass is 10.0. The first kappa shape index (κ1) is 16.3. The molecule has 1 aliphatic heterocycles. The van der Waals surface area contributed by atoms with E-state index in [0.717, 1.165) is 5.69 Å². The highest BCUT2D eigenvalue weighted by atomic mass is 16.7. The van der Waals surface area contributed by atoms with Crippen LogP contribution in [-0.4, -0.2) is 16.9 Å². The summed E-state index contributed by atoms with van der Waals surface area (Å²) in [6, 6.07) is 14.1. The Bertz CT molecular complexity index is 1230. The second kappa shape index (κ2) is 6.38. The van der Waals surface area contributed by atoms with Gasteiger partial charge in [-0.15, -0.1) is 0 Å². The van der Waals surface area contributed by atoms with Gasteiger partial charge in [0.25, 0.3) is 0 Å². The van der Waals surface area contributed by atoms with Gasteiger partial charge < -0.3 is 29.3 Å². The van der Waals surface area contributed by atoms with Gasteiger partial charge in [0, 0.05) is 23.3 Å². The van der Waals surface area contributed by atoms with Gasteiger partial charge in [-0.3, -0.25) is 0 Å². The Morgan fingerprint density at radius 3 is 2.82 bits per heavy atom. The van der Waals surface area contributed by atoms with Crippen LogP contribution in [0.25, 0.3) is 22.1 Å². The van der Waals surface area contributed by atoms with Gasteiger partial charge in [-0.2, -0.15) is 0 Å². The second-order valence-corrected chi connectivity index (χ2v) is 6.47. The first-order chi connectivity index (χ1) is 13.7. The number of benzene rings is 2. The van der Waals surface area contributed by atoms with Crippen molar-refractivity contribution in [2.75, 3.05) is 12.1 Å². The Hall–Kier alpha value is -3.87. The van der Waals surface area contributed by atoms with Gasteiger partial charge in [0.05, 0.1) is 17.8 Å². The predicted molar refractivity (Wildman–Crippen MR) is 104 cm³/mol. The third kappa shape index (κ3) is 2.83. The fraction of sp³-hybridized carbons (Fsp3) is 0.0952. The van der Waals surface area contributed by atoms with E-state index in [2.05, 4.69) is 10.3 Å². The molecule has 0 radical (unpaired) electrons. The van der Waals surface area contributed by atoms with Crippen molar-refractivity contribution >= 4 is 16.7 Å². The Morgan fingerprint density at radius 1 is 1.07 bits per heavy atom. The standard InChI is InChI=1S/C21H16N2O5/c24-17-9-19-13(7-16(17)23-10-14-2-1-5-22-14)6-15(21(25)28-19)12-3-4-18-20(8-12)27-11-26-18/h1-9,22-24H,10-11H2. The SMILES string of the molecule is O=c1oc2cc(O)c(NCc3ccc[nH]3)cc2cc1-c1ccc2c(c1)OCO2. The molecule has 2 aromatic carbocycles. The number of phenolic OH excluding ortho intramolecular Hbond substituents is 1. The minimum Gasteiger partial charge on any atom is -0.506 e. The van der Waals surface area contributed by atoms with Gasteiger partial charge in [-0.1, -0.05) is 6.07 Å². The van der Waals surface area contributed by atoms with Crippen LogP contribution in [0.4, 0.5) is 5.69 Å². The number of phenols is 1. The van der Waals surface area contributed by atoms with Crippen molar-refractivity contribution in [3.63, 3.8) is 0 Å². The van der Waals surface area contributed by atoms with E-state index in [1.54, 1.807) is 30.3 Å². The van der Waals surface area contributed by atoms with Crippen molar-refractivity contribution in [1.82, 2.24) is 4.98 Å². The highest BCUT2D eigenvalue weighted by Gasteiger charge is 2.17. The largest absolute Gasteiger partial charge is 0.506 e. The summed E-state index contributed by atoms with van der Waals surface area (Å²) in [6.07, 6.45) is 1.84. The number of nitrogens with one attached hydrogen (secondary N) is 2. The summed E-state index contributed by atoms with van der Waals surface area (Å²) < 4.78 is 16.1. The summed E-state index contributed by atoms with van der Waals surface area (Å²) in [6.45, 7) is 0.693. The maximum atomic E-state index is 12.5. The van der Waals surface area contributed by atoms with Crippen LogP contribution in [-0.2, 0) is 6.54 Å². The quantitative estimate of drug-likeness (QED) is 0.370. The lowest BCUT2D eigenvalue weighted by Crippen LogP contribution is -2.04. The van der Waals surface area contributed by atoms with E-state index < -0.39 is 5.63 Å². The van der Waals surface area contributed by atoms with Gasteiger partial charge in [0.15, 0.2) is 11.5 Å². The van der Waals surface area contributed by atoms with E-state index in [4.69, 9.17) is 13.9 Å². The van der Waals surface area contributed by atoms with E-state index in [9.17, 15) is 9.90 Å². The molecule has 4 aromatic rings. The molecule has 0 unspecified atom stereocenters. The molecule has 0 saturated heterocycles. The molecule has 7 nitrogen and oxygen atoms in total. The highest BCUT2D eigenvalue weighted by Crippen LogP contribution is 2.36. The zero-order valence-electron chi connectivity index (χ0n) is 14.7. The number of rotatable bonds is 4. The van der Waals surface area contributed by atoms with Crippen molar-refractivity contribution in [1.29, 1.82) is 0 Å². The minimum absolute atomic E-state index is 0.0121. The highest BCUT2D eigenvalue weighted by molar-refractivity contribution is 5.87. The molecule has 0 fully saturated rings. The van der Waals surface area contributed by atoms with Gasteiger partial charge in [-0.25, -0.2) is 4.79 Å². The van der Waals surface area contributed by atoms with Crippen LogP contribution in [0.15, 0.2) is 63.9 Å². The van der Waals surface area contributed by atoms with Crippen molar-refractivity contribution in [3.05, 3.63) is 70.8 Å². The van der Waals surface area contributed by atoms with Crippen molar-refractivity contribution in [3.8, 4) is 28.4 Å². The molecule has 0 saturated carbocycles. The fourth-order valence-electron chi connectivity index (χ4n) is 3.23. The molecule has 28 heavy (non-hydrogen) atoms. The van der Waals surface area contributed by atoms with Crippen LogP contribution < -0.4 is 20.4 Å². The van der Waals surface area contributed by atoms with Crippen LogP contribution in [0.5, 0.6) is 17.2 Å². The first-order valence-electron chi connectivity index (χ1n) is 8.74. The van der Waals surface area contributed by atoms with E-state index in [1.807, 2.05) is 18.3 Å². The number of H-pyrrole nitrogens is 1. The van der Waals surface area contributed by atoms with Crippen LogP contribution in [0.1, 0.15) is 5.69 Å². The maximum absolute atomic E-state index is 12.5. The third-order valence-electron chi connectivity index (χ3n) is 4.67. The van der Waals surface area contributed by atoms with E-state index in [-0.39, 0.29) is 12.5 Å². The van der Waals surface area contributed by atoms with Crippen LogP contribution in [0.3, 0.4) is 0 Å². The Morgan fingerprint density at radius 2 is 1.96 bits per heavy atom. The fourth-order valence-corrected chi connectivity index (χ4v) is 3.23. The van der Waals surface area contributed by atoms with Crippen molar-refractivity contribution in [2.24, 2.45) is 0 Å². The molecule has 2 aromatic heterocycles. The minimum atomic E-state index is -0.488. The summed E-state index contributed by atoms with van der Waals surface area (Å²) in [5, 5.41) is 14.1. The van der Waals surface area contributed by atoms with Gasteiger partial charge >= 0.3 is 5.63 Å². The molecule has 0 spiro atoms. The molecule has 7 heteroatoms. The van der Waals surface area contributed by atoms with Crippen LogP contribution in [0, 0.1) is 0 Å². The summed E-state index contributed by atoms with van der Waals surface area (Å²) in [5.41, 5.74) is 2.45. The summed E-state index contributed by atoms with van der Waals surface area (Å²) >= 11 is 0. The number of aromatic hydroxyl groups is 1. The van der Waals surface area contributed by atoms with Crippen LogP contribution >= 0.6 is 0 Å². The molecule has 140 valence electrons. The molecule has 5 rings (SSSR count). The number of hydrogen-bond acceptors (Lipinski definition) is 6. The molecule has 3 N–H and O–H groups in total. The van der Waals surface area contributed by atoms with E-state index >= 15 is 0 Å². The molecule has 3 heterocycles. The van der Waals surface area contributed by atoms with E-state index in [0.29, 0.717) is 45.8 Å². The van der Waals surface area contributed by atoms with Gasteiger partial charge in [-0.05, 0) is 42.0 Å². The normalized spacial score (nSPS) is 12.4. The van der Waals surface area contributed by atoms with Crippen molar-refractivity contribution in [2.45, 2.75) is 6.54 Å². The second-order valence-electron chi connectivity index (χ2n) is 6.47. The number of ether oxygens (including phenoxy) is 2. The molecule has 1 aliphatic rings. The Kier molecular flexibility index (Phi) is 3.72. The first-order valence-corrected chi connectivity index (χ1v) is 8.74. The molecular weight excluding hydrogens is 360 g/mol. The summed E-state index contributed by atoms with van der Waals surface area (Å²) in [5.74, 6) is 1.25. The average Bonchev–Trinajstić information content (AvgIpc) is 3.37. The molecule has 0 aliphatic carbocycles. The third-order valence-corrected chi connectivity index (χ3v) is 4.67. The molecule has 0 amide bonds. The smallest absolute Gasteiger partial charge is 0.344 e. The molecule has 0 atom stereocenters. The van der Waals surface area contributed by atoms with Gasteiger partial charge in [0.2, 0.25) is 6.79 Å². The average molecular weight is 376 g/mol. The lowest BCUT2D eigenvalue weighted by Gasteiger charge is -2.10. The number of hydrogen-bond donors (Lipinski definition) is 3. The lowest BCUT2D eigenvalue weighted by molar-refractivity contribution is 0.174. The van der Waals surface area contributed by atoms with Crippen molar-refractivity contribution < 1.29 is 19.0 Å².